The SMILES string of the molecule is O=C(NC[C@H]1CCCO1)C(=O)Nc1ccc(Cl)c(Cl)c1. The quantitative estimate of drug-likeness (QED) is 0.840. The van der Waals surface area contributed by atoms with E-state index in [1.807, 2.05) is 0 Å². The van der Waals surface area contributed by atoms with Crippen molar-refractivity contribution in [2.24, 2.45) is 0 Å². The number of ether oxygens (including phenoxy) is 1. The minimum absolute atomic E-state index is 0.00303. The third kappa shape index (κ3) is 4.10. The van der Waals surface area contributed by atoms with E-state index in [0.717, 1.165) is 12.8 Å². The molecule has 2 amide bonds. The van der Waals surface area contributed by atoms with E-state index >= 15 is 0 Å². The van der Waals surface area contributed by atoms with E-state index < -0.39 is 11.8 Å². The van der Waals surface area contributed by atoms with Gasteiger partial charge in [0.05, 0.1) is 16.1 Å². The van der Waals surface area contributed by atoms with Crippen LogP contribution < -0.4 is 10.6 Å². The molecule has 108 valence electrons. The number of nitrogens with one attached hydrogen (secondary N) is 2. The lowest BCUT2D eigenvalue weighted by Gasteiger charge is -2.11. The third-order valence-electron chi connectivity index (χ3n) is 2.90. The molecule has 1 aromatic rings. The highest BCUT2D eigenvalue weighted by molar-refractivity contribution is 6.42. The summed E-state index contributed by atoms with van der Waals surface area (Å²) in [6.07, 6.45) is 1.88. The number of hydrogen-bond donors (Lipinski definition) is 2. The van der Waals surface area contributed by atoms with Crippen molar-refractivity contribution in [2.75, 3.05) is 18.5 Å². The Morgan fingerprint density at radius 1 is 1.25 bits per heavy atom. The van der Waals surface area contributed by atoms with Crippen LogP contribution >= 0.6 is 23.2 Å². The molecule has 5 nitrogen and oxygen atoms in total. The Morgan fingerprint density at radius 2 is 2.05 bits per heavy atom. The number of amides is 2. The van der Waals surface area contributed by atoms with Gasteiger partial charge in [-0.1, -0.05) is 23.2 Å². The molecule has 0 radical (unpaired) electrons. The molecule has 0 bridgehead atoms. The van der Waals surface area contributed by atoms with Gasteiger partial charge in [-0.2, -0.15) is 0 Å². The smallest absolute Gasteiger partial charge is 0.313 e. The van der Waals surface area contributed by atoms with E-state index in [1.54, 1.807) is 12.1 Å². The lowest BCUT2D eigenvalue weighted by atomic mass is 10.2. The van der Waals surface area contributed by atoms with Crippen LogP contribution in [-0.2, 0) is 14.3 Å². The fourth-order valence-electron chi connectivity index (χ4n) is 1.85. The molecule has 2 N–H and O–H groups in total. The van der Waals surface area contributed by atoms with Gasteiger partial charge < -0.3 is 15.4 Å². The van der Waals surface area contributed by atoms with Crippen molar-refractivity contribution in [3.63, 3.8) is 0 Å². The summed E-state index contributed by atoms with van der Waals surface area (Å²) in [6, 6.07) is 4.60. The average Bonchev–Trinajstić information content (AvgIpc) is 2.93. The Labute approximate surface area is 126 Å². The van der Waals surface area contributed by atoms with Crippen LogP contribution in [0.25, 0.3) is 0 Å². The van der Waals surface area contributed by atoms with Gasteiger partial charge in [0.15, 0.2) is 0 Å². The Balaban J connectivity index is 1.83. The molecule has 1 heterocycles. The summed E-state index contributed by atoms with van der Waals surface area (Å²) in [5.74, 6) is -1.45. The van der Waals surface area contributed by atoms with Crippen molar-refractivity contribution in [3.05, 3.63) is 28.2 Å². The van der Waals surface area contributed by atoms with Crippen LogP contribution in [0.4, 0.5) is 5.69 Å². The van der Waals surface area contributed by atoms with E-state index in [-0.39, 0.29) is 6.10 Å². The Kier molecular flexibility index (Phi) is 5.23. The van der Waals surface area contributed by atoms with E-state index in [2.05, 4.69) is 10.6 Å². The molecule has 1 saturated heterocycles. The zero-order chi connectivity index (χ0) is 14.5. The number of halogens is 2. The lowest BCUT2D eigenvalue weighted by molar-refractivity contribution is -0.136. The van der Waals surface area contributed by atoms with E-state index in [0.29, 0.717) is 28.9 Å². The maximum atomic E-state index is 11.7. The molecule has 0 spiro atoms. The van der Waals surface area contributed by atoms with Gasteiger partial charge in [0.25, 0.3) is 0 Å². The molecule has 1 atom stereocenters. The van der Waals surface area contributed by atoms with Crippen LogP contribution in [0.3, 0.4) is 0 Å². The van der Waals surface area contributed by atoms with Crippen LogP contribution in [0.2, 0.25) is 10.0 Å². The standard InChI is InChI=1S/C13H14Cl2N2O3/c14-10-4-3-8(6-11(10)15)17-13(19)12(18)16-7-9-2-1-5-20-9/h3-4,6,9H,1-2,5,7H2,(H,16,18)(H,17,19)/t9-/m1/s1. The highest BCUT2D eigenvalue weighted by Gasteiger charge is 2.19. The molecule has 0 unspecified atom stereocenters. The largest absolute Gasteiger partial charge is 0.376 e. The molecule has 1 fully saturated rings. The topological polar surface area (TPSA) is 67.4 Å². The van der Waals surface area contributed by atoms with Gasteiger partial charge in [0.2, 0.25) is 0 Å². The number of carbonyl (C=O) groups is 2. The maximum absolute atomic E-state index is 11.7. The second kappa shape index (κ2) is 6.92. The predicted molar refractivity (Wildman–Crippen MR) is 77.1 cm³/mol. The first-order valence-corrected chi connectivity index (χ1v) is 6.97. The van der Waals surface area contributed by atoms with Crippen LogP contribution in [-0.4, -0.2) is 31.1 Å². The zero-order valence-corrected chi connectivity index (χ0v) is 12.1. The number of benzene rings is 1. The first-order chi connectivity index (χ1) is 9.56. The third-order valence-corrected chi connectivity index (χ3v) is 3.64. The molecule has 0 aliphatic carbocycles. The summed E-state index contributed by atoms with van der Waals surface area (Å²) in [7, 11) is 0. The predicted octanol–water partition coefficient (Wildman–Crippen LogP) is 2.23. The molecule has 0 saturated carbocycles. The van der Waals surface area contributed by atoms with Crippen molar-refractivity contribution >= 4 is 40.7 Å². The van der Waals surface area contributed by atoms with Crippen molar-refractivity contribution in [2.45, 2.75) is 18.9 Å². The zero-order valence-electron chi connectivity index (χ0n) is 10.6. The lowest BCUT2D eigenvalue weighted by Crippen LogP contribution is -2.39. The number of rotatable bonds is 3. The molecule has 1 aromatic carbocycles. The highest BCUT2D eigenvalue weighted by atomic mass is 35.5. The first-order valence-electron chi connectivity index (χ1n) is 6.22. The molecule has 1 aliphatic rings. The molecule has 7 heteroatoms. The number of carbonyl (C=O) groups excluding carboxylic acids is 2. The fourth-order valence-corrected chi connectivity index (χ4v) is 2.15. The molecule has 2 rings (SSSR count). The summed E-state index contributed by atoms with van der Waals surface area (Å²) in [6.45, 7) is 1.05. The van der Waals surface area contributed by atoms with Crippen molar-refractivity contribution < 1.29 is 14.3 Å². The van der Waals surface area contributed by atoms with E-state index in [4.69, 9.17) is 27.9 Å². The normalized spacial score (nSPS) is 17.8. The van der Waals surface area contributed by atoms with Gasteiger partial charge >= 0.3 is 11.8 Å². The van der Waals surface area contributed by atoms with Gasteiger partial charge in [-0.3, -0.25) is 9.59 Å². The van der Waals surface area contributed by atoms with Gasteiger partial charge in [0.1, 0.15) is 0 Å². The monoisotopic (exact) mass is 316 g/mol. The summed E-state index contributed by atoms with van der Waals surface area (Å²) >= 11 is 11.6. The summed E-state index contributed by atoms with van der Waals surface area (Å²) < 4.78 is 5.35. The Bertz CT molecular complexity index is 516. The number of anilines is 1. The van der Waals surface area contributed by atoms with Gasteiger partial charge in [-0.25, -0.2) is 0 Å². The van der Waals surface area contributed by atoms with Crippen molar-refractivity contribution in [1.29, 1.82) is 0 Å². The van der Waals surface area contributed by atoms with Crippen molar-refractivity contribution in [1.82, 2.24) is 5.32 Å². The summed E-state index contributed by atoms with van der Waals surface area (Å²) in [5.41, 5.74) is 0.414. The molecular formula is C13H14Cl2N2O3. The minimum atomic E-state index is -0.749. The van der Waals surface area contributed by atoms with Gasteiger partial charge in [0, 0.05) is 18.8 Å². The maximum Gasteiger partial charge on any atom is 0.313 e. The van der Waals surface area contributed by atoms with Crippen LogP contribution in [0.5, 0.6) is 0 Å². The fraction of sp³-hybridized carbons (Fsp3) is 0.385. The van der Waals surface area contributed by atoms with Crippen LogP contribution in [0.15, 0.2) is 18.2 Å². The average molecular weight is 317 g/mol. The molecule has 1 aliphatic heterocycles. The first kappa shape index (κ1) is 15.1. The van der Waals surface area contributed by atoms with E-state index in [1.165, 1.54) is 6.07 Å². The molecule has 20 heavy (non-hydrogen) atoms. The number of hydrogen-bond acceptors (Lipinski definition) is 3. The second-order valence-corrected chi connectivity index (χ2v) is 5.24. The highest BCUT2D eigenvalue weighted by Crippen LogP contribution is 2.24. The second-order valence-electron chi connectivity index (χ2n) is 4.43. The van der Waals surface area contributed by atoms with Crippen LogP contribution in [0, 0.1) is 0 Å². The van der Waals surface area contributed by atoms with Crippen LogP contribution in [0.1, 0.15) is 12.8 Å². The Hall–Kier alpha value is -1.30. The molecule has 0 aromatic heterocycles. The van der Waals surface area contributed by atoms with E-state index in [9.17, 15) is 9.59 Å². The van der Waals surface area contributed by atoms with Crippen molar-refractivity contribution in [3.8, 4) is 0 Å². The Morgan fingerprint density at radius 3 is 2.70 bits per heavy atom. The summed E-state index contributed by atoms with van der Waals surface area (Å²) in [4.78, 5) is 23.3. The van der Waals surface area contributed by atoms with Gasteiger partial charge in [-0.15, -0.1) is 0 Å². The molecular weight excluding hydrogens is 303 g/mol. The summed E-state index contributed by atoms with van der Waals surface area (Å²) in [5, 5.41) is 5.68. The van der Waals surface area contributed by atoms with Gasteiger partial charge in [-0.05, 0) is 31.0 Å². The minimum Gasteiger partial charge on any atom is -0.376 e.